The van der Waals surface area contributed by atoms with Crippen LogP contribution in [0.5, 0.6) is 0 Å². The number of rotatable bonds is 18. The third-order valence-corrected chi connectivity index (χ3v) is 10.2. The van der Waals surface area contributed by atoms with E-state index in [2.05, 4.69) is 15.9 Å². The lowest BCUT2D eigenvalue weighted by atomic mass is 9.71. The van der Waals surface area contributed by atoms with Gasteiger partial charge in [0.2, 0.25) is 0 Å². The van der Waals surface area contributed by atoms with Gasteiger partial charge in [-0.15, -0.1) is 4.91 Å². The van der Waals surface area contributed by atoms with Gasteiger partial charge in [-0.25, -0.2) is 4.79 Å². The van der Waals surface area contributed by atoms with Crippen LogP contribution in [0.2, 0.25) is 0 Å². The Morgan fingerprint density at radius 3 is 1.33 bits per heavy atom. The molecule has 0 aromatic heterocycles. The van der Waals surface area contributed by atoms with Gasteiger partial charge in [0.15, 0.2) is 23.8 Å². The highest BCUT2D eigenvalue weighted by molar-refractivity contribution is 6.02. The van der Waals surface area contributed by atoms with Crippen molar-refractivity contribution in [3.8, 4) is 0 Å². The monoisotopic (exact) mass is 825 g/mol. The predicted molar refractivity (Wildman–Crippen MR) is 231 cm³/mol. The van der Waals surface area contributed by atoms with Crippen LogP contribution in [-0.2, 0) is 43.1 Å². The first-order chi connectivity index (χ1) is 28.1. The highest BCUT2D eigenvalue weighted by Gasteiger charge is 2.41. The van der Waals surface area contributed by atoms with Gasteiger partial charge in [0.25, 0.3) is 5.91 Å². The fraction of sp³-hybridized carbons (Fsp3) is 0.417. The molecule has 2 unspecified atom stereocenters. The number of esters is 2. The molecule has 0 aromatic carbocycles. The van der Waals surface area contributed by atoms with E-state index < -0.39 is 46.9 Å². The third-order valence-electron chi connectivity index (χ3n) is 10.2. The Kier molecular flexibility index (Phi) is 19.8. The molecule has 0 bridgehead atoms. The molecule has 2 rings (SSSR count). The van der Waals surface area contributed by atoms with Gasteiger partial charge in [-0.05, 0) is 74.7 Å². The lowest BCUT2D eigenvalue weighted by Crippen LogP contribution is -2.51. The number of Topliss-reactive ketones (excluding diaryl/α,β-unsaturated/α-hetero) is 2. The van der Waals surface area contributed by atoms with Crippen molar-refractivity contribution < 1.29 is 49.0 Å². The van der Waals surface area contributed by atoms with Crippen LogP contribution in [0.4, 0.5) is 0 Å². The molecular formula is C48H61N2O10+. The maximum atomic E-state index is 13.1. The molecule has 12 heteroatoms. The molecule has 0 aliphatic heterocycles. The van der Waals surface area contributed by atoms with E-state index in [0.29, 0.717) is 24.0 Å². The molecule has 0 spiro atoms. The van der Waals surface area contributed by atoms with Crippen LogP contribution in [0, 0.1) is 15.7 Å². The number of carbonyl (C=O) groups excluding carboxylic acids is 6. The van der Waals surface area contributed by atoms with Gasteiger partial charge in [-0.3, -0.25) is 28.8 Å². The molecule has 1 amide bonds. The van der Waals surface area contributed by atoms with Gasteiger partial charge in [-0.1, -0.05) is 135 Å². The third kappa shape index (κ3) is 16.4. The van der Waals surface area contributed by atoms with Gasteiger partial charge < -0.3 is 9.47 Å². The first kappa shape index (κ1) is 50.3. The lowest BCUT2D eigenvalue weighted by Gasteiger charge is -2.36. The van der Waals surface area contributed by atoms with Gasteiger partial charge in [0.05, 0.1) is 19.3 Å². The van der Waals surface area contributed by atoms with Crippen molar-refractivity contribution in [1.29, 1.82) is 0 Å². The first-order valence-electron chi connectivity index (χ1n) is 19.9. The molecule has 322 valence electrons. The van der Waals surface area contributed by atoms with Crippen molar-refractivity contribution in [1.82, 2.24) is 0 Å². The SMILES string of the molecule is CC(C=CC=C(C)C=CC1=C(C)C(=O)C(OC(=O)CCC(=O)N=O)CC1(C)C)=CC=CC=C(C)C=CC=C(C)C=CC1=C(C)C(=O)C(OC(=O)CCC(=O)O[NH3+])CC1(C)C. The maximum absolute atomic E-state index is 13.1. The van der Waals surface area contributed by atoms with E-state index in [0.717, 1.165) is 33.4 Å². The minimum atomic E-state index is -0.951. The number of ether oxygens (including phenoxy) is 2. The van der Waals surface area contributed by atoms with E-state index >= 15 is 0 Å². The van der Waals surface area contributed by atoms with E-state index in [-0.39, 0.29) is 37.2 Å². The van der Waals surface area contributed by atoms with Gasteiger partial charge in [-0.2, -0.15) is 5.90 Å². The Bertz CT molecular complexity index is 2040. The number of hydrogen-bond acceptors (Lipinski definition) is 10. The molecule has 2 aliphatic carbocycles. The zero-order valence-corrected chi connectivity index (χ0v) is 36.7. The number of allylic oxidation sites excluding steroid dienone is 20. The summed E-state index contributed by atoms with van der Waals surface area (Å²) in [5, 5.41) is 2.27. The Morgan fingerprint density at radius 2 is 0.950 bits per heavy atom. The zero-order valence-electron chi connectivity index (χ0n) is 36.7. The molecule has 3 N–H and O–H groups in total. The summed E-state index contributed by atoms with van der Waals surface area (Å²) in [5.74, 6) is -0.388. The number of hydrogen-bond donors (Lipinski definition) is 1. The normalized spacial score (nSPS) is 20.6. The average Bonchev–Trinajstić information content (AvgIpc) is 3.18. The fourth-order valence-electron chi connectivity index (χ4n) is 6.72. The summed E-state index contributed by atoms with van der Waals surface area (Å²) in [4.78, 5) is 87.5. The van der Waals surface area contributed by atoms with E-state index in [4.69, 9.17) is 9.47 Å². The summed E-state index contributed by atoms with van der Waals surface area (Å²) in [7, 11) is 0. The quantitative estimate of drug-likeness (QED) is 0.0607. The second kappa shape index (κ2) is 23.6. The Labute approximate surface area is 354 Å². The van der Waals surface area contributed by atoms with Crippen LogP contribution in [-0.4, -0.2) is 47.6 Å². The molecule has 0 saturated heterocycles. The largest absolute Gasteiger partial charge is 0.454 e. The molecule has 0 radical (unpaired) electrons. The van der Waals surface area contributed by atoms with Crippen LogP contribution in [0.15, 0.2) is 135 Å². The molecule has 2 atom stereocenters. The summed E-state index contributed by atoms with van der Waals surface area (Å²) in [6.45, 7) is 19.4. The molecule has 60 heavy (non-hydrogen) atoms. The summed E-state index contributed by atoms with van der Waals surface area (Å²) >= 11 is 0. The van der Waals surface area contributed by atoms with E-state index in [1.807, 2.05) is 140 Å². The molecule has 2 aliphatic rings. The average molecular weight is 826 g/mol. The smallest absolute Gasteiger partial charge is 0.366 e. The van der Waals surface area contributed by atoms with Gasteiger partial charge >= 0.3 is 17.9 Å². The molecule has 0 aromatic rings. The second-order valence-corrected chi connectivity index (χ2v) is 16.4. The lowest BCUT2D eigenvalue weighted by molar-refractivity contribution is -0.657. The summed E-state index contributed by atoms with van der Waals surface area (Å²) in [5.41, 5.74) is 6.01. The molecular weight excluding hydrogens is 765 g/mol. The van der Waals surface area contributed by atoms with Crippen LogP contribution >= 0.6 is 0 Å². The summed E-state index contributed by atoms with van der Waals surface area (Å²) < 4.78 is 10.8. The van der Waals surface area contributed by atoms with Crippen LogP contribution < -0.4 is 5.90 Å². The number of amides is 1. The highest BCUT2D eigenvalue weighted by atomic mass is 16.7. The standard InChI is InChI=1S/C48H61N2O10/c1-31(17-13-19-33(3)21-23-37-35(5)45(55)39(29-47(37,7)8)58-42(52)26-25-41(51)50-57)15-11-12-16-32(2)18-14-20-34(4)22-24-38-36(6)46(56)40(30-48(38,9)10)59-43(53)27-28-44(54)60-49/h11-24,39-40H,25-30H2,1-10,49H3/q+1. The number of quaternary nitrogens is 1. The fourth-order valence-corrected chi connectivity index (χ4v) is 6.72. The number of ketones is 2. The van der Waals surface area contributed by atoms with E-state index in [9.17, 15) is 33.7 Å². The van der Waals surface area contributed by atoms with Crippen molar-refractivity contribution in [3.05, 3.63) is 135 Å². The summed E-state index contributed by atoms with van der Waals surface area (Å²) in [6, 6.07) is 0. The molecule has 0 fully saturated rings. The molecule has 0 saturated carbocycles. The number of nitrogens with zero attached hydrogens (tertiary/aromatic N) is 1. The highest BCUT2D eigenvalue weighted by Crippen LogP contribution is 2.42. The van der Waals surface area contributed by atoms with Crippen molar-refractivity contribution in [2.45, 2.75) is 120 Å². The van der Waals surface area contributed by atoms with Crippen molar-refractivity contribution in [3.63, 3.8) is 0 Å². The first-order valence-corrected chi connectivity index (χ1v) is 19.9. The Morgan fingerprint density at radius 1 is 0.600 bits per heavy atom. The minimum Gasteiger partial charge on any atom is -0.454 e. The Hall–Kier alpha value is -5.88. The number of carbonyl (C=O) groups is 6. The van der Waals surface area contributed by atoms with Crippen molar-refractivity contribution in [2.75, 3.05) is 0 Å². The van der Waals surface area contributed by atoms with Crippen molar-refractivity contribution >= 4 is 35.4 Å². The van der Waals surface area contributed by atoms with Gasteiger partial charge in [0, 0.05) is 24.4 Å². The topological polar surface area (TPSA) is 187 Å². The molecule has 12 nitrogen and oxygen atoms in total. The van der Waals surface area contributed by atoms with Crippen LogP contribution in [0.1, 0.15) is 108 Å². The van der Waals surface area contributed by atoms with Crippen LogP contribution in [0.3, 0.4) is 0 Å². The van der Waals surface area contributed by atoms with Gasteiger partial charge in [0.1, 0.15) is 0 Å². The predicted octanol–water partition coefficient (Wildman–Crippen LogP) is 8.56. The van der Waals surface area contributed by atoms with Crippen LogP contribution in [0.25, 0.3) is 0 Å². The Balaban J connectivity index is 1.97. The maximum Gasteiger partial charge on any atom is 0.366 e. The minimum absolute atomic E-state index is 0.157. The zero-order chi connectivity index (χ0) is 45.2. The summed E-state index contributed by atoms with van der Waals surface area (Å²) in [6.07, 6.45) is 25.4. The van der Waals surface area contributed by atoms with Crippen molar-refractivity contribution in [2.24, 2.45) is 16.0 Å². The second-order valence-electron chi connectivity index (χ2n) is 16.4. The van der Waals surface area contributed by atoms with E-state index in [1.54, 1.807) is 13.8 Å². The van der Waals surface area contributed by atoms with E-state index in [1.165, 1.54) is 0 Å². The number of nitroso groups, excluding NO2 is 1. The molecule has 0 heterocycles.